The summed E-state index contributed by atoms with van der Waals surface area (Å²) in [6, 6.07) is 0. The van der Waals surface area contributed by atoms with Crippen LogP contribution < -0.4 is 0 Å². The summed E-state index contributed by atoms with van der Waals surface area (Å²) in [4.78, 5) is 20.5. The first kappa shape index (κ1) is 10.5. The molecule has 0 amide bonds. The van der Waals surface area contributed by atoms with Crippen molar-refractivity contribution in [2.24, 2.45) is 0 Å². The third-order valence-electron chi connectivity index (χ3n) is 0.691. The van der Waals surface area contributed by atoms with Crippen molar-refractivity contribution in [3.05, 3.63) is 0 Å². The number of carbonyl (C=O) groups excluding carboxylic acids is 2. The van der Waals surface area contributed by atoms with Crippen LogP contribution in [0.4, 0.5) is 0 Å². The van der Waals surface area contributed by atoms with Gasteiger partial charge in [0.15, 0.2) is 0 Å². The summed E-state index contributed by atoms with van der Waals surface area (Å²) in [6.45, 7) is 0. The molecular weight excluding hydrogens is 222 g/mol. The van der Waals surface area contributed by atoms with Crippen LogP contribution in [0.3, 0.4) is 0 Å². The second kappa shape index (κ2) is 4.39. The summed E-state index contributed by atoms with van der Waals surface area (Å²) < 4.78 is 0. The molecule has 0 aliphatic heterocycles. The van der Waals surface area contributed by atoms with Crippen molar-refractivity contribution in [3.8, 4) is 0 Å². The normalized spacial score (nSPS) is 16.0. The minimum Gasteiger partial charge on any atom is -0.280 e. The maximum Gasteiger partial charge on any atom is 0.241 e. The molecule has 0 aromatic heterocycles. The monoisotopic (exact) mass is 222 g/mol. The number of halogens is 4. The fourth-order valence-electron chi connectivity index (χ4n) is 0.230. The highest BCUT2D eigenvalue weighted by Gasteiger charge is 2.27. The van der Waals surface area contributed by atoms with Crippen LogP contribution >= 0.6 is 46.4 Å². The van der Waals surface area contributed by atoms with Gasteiger partial charge in [0.05, 0.1) is 0 Å². The molecule has 6 heteroatoms. The highest BCUT2D eigenvalue weighted by atomic mass is 35.5. The van der Waals surface area contributed by atoms with Gasteiger partial charge >= 0.3 is 0 Å². The number of carbonyl (C=O) groups is 2. The lowest BCUT2D eigenvalue weighted by Crippen LogP contribution is -2.26. The van der Waals surface area contributed by atoms with E-state index >= 15 is 0 Å². The molecule has 0 saturated heterocycles. The van der Waals surface area contributed by atoms with Gasteiger partial charge in [-0.1, -0.05) is 0 Å². The van der Waals surface area contributed by atoms with Crippen molar-refractivity contribution in [2.45, 2.75) is 10.8 Å². The van der Waals surface area contributed by atoms with Gasteiger partial charge < -0.3 is 0 Å². The highest BCUT2D eigenvalue weighted by Crippen LogP contribution is 2.15. The molecule has 0 aliphatic carbocycles. The average Bonchev–Trinajstić information content (AvgIpc) is 1.84. The van der Waals surface area contributed by atoms with Gasteiger partial charge in [0.1, 0.15) is 10.8 Å². The van der Waals surface area contributed by atoms with Gasteiger partial charge in [0, 0.05) is 0 Å². The summed E-state index contributed by atoms with van der Waals surface area (Å²) in [7, 11) is 0. The fourth-order valence-corrected chi connectivity index (χ4v) is 0.840. The molecule has 0 aromatic rings. The summed E-state index contributed by atoms with van der Waals surface area (Å²) >= 11 is 20.3. The Bertz CT molecular complexity index is 139. The lowest BCUT2D eigenvalue weighted by molar-refractivity contribution is -0.115. The number of rotatable bonds is 3. The Morgan fingerprint density at radius 2 is 1.10 bits per heavy atom. The van der Waals surface area contributed by atoms with E-state index in [1.807, 2.05) is 0 Å². The molecule has 10 heavy (non-hydrogen) atoms. The molecule has 2 nitrogen and oxygen atoms in total. The van der Waals surface area contributed by atoms with E-state index in [1.165, 1.54) is 0 Å². The molecule has 2 unspecified atom stereocenters. The smallest absolute Gasteiger partial charge is 0.241 e. The zero-order valence-corrected chi connectivity index (χ0v) is 7.51. The maximum atomic E-state index is 10.2. The summed E-state index contributed by atoms with van der Waals surface area (Å²) in [6.07, 6.45) is 0. The van der Waals surface area contributed by atoms with Gasteiger partial charge in [-0.2, -0.15) is 0 Å². The number of alkyl halides is 2. The van der Waals surface area contributed by atoms with Gasteiger partial charge in [-0.3, -0.25) is 9.59 Å². The van der Waals surface area contributed by atoms with Crippen LogP contribution in [-0.2, 0) is 9.59 Å². The van der Waals surface area contributed by atoms with Crippen LogP contribution in [0.15, 0.2) is 0 Å². The SMILES string of the molecule is O=C(Cl)C(Cl)C(Cl)C(=O)Cl. The minimum absolute atomic E-state index is 0.893. The first-order chi connectivity index (χ1) is 4.46. The van der Waals surface area contributed by atoms with Crippen LogP contribution in [0.25, 0.3) is 0 Å². The summed E-state index contributed by atoms with van der Waals surface area (Å²) in [5, 5.41) is -4.30. The van der Waals surface area contributed by atoms with Crippen molar-refractivity contribution in [3.63, 3.8) is 0 Å². The van der Waals surface area contributed by atoms with Gasteiger partial charge in [-0.15, -0.1) is 23.2 Å². The van der Waals surface area contributed by atoms with Gasteiger partial charge in [-0.25, -0.2) is 0 Å². The lowest BCUT2D eigenvalue weighted by atomic mass is 10.3. The Morgan fingerprint density at radius 1 is 0.900 bits per heavy atom. The van der Waals surface area contributed by atoms with Crippen molar-refractivity contribution in [1.29, 1.82) is 0 Å². The predicted molar refractivity (Wildman–Crippen MR) is 41.0 cm³/mol. The van der Waals surface area contributed by atoms with Crippen molar-refractivity contribution < 1.29 is 9.59 Å². The van der Waals surface area contributed by atoms with Gasteiger partial charge in [0.25, 0.3) is 0 Å². The first-order valence-electron chi connectivity index (χ1n) is 2.13. The van der Waals surface area contributed by atoms with E-state index in [0.29, 0.717) is 0 Å². The molecule has 0 bridgehead atoms. The topological polar surface area (TPSA) is 34.1 Å². The van der Waals surface area contributed by atoms with Crippen LogP contribution in [0, 0.1) is 0 Å². The van der Waals surface area contributed by atoms with Crippen molar-refractivity contribution in [1.82, 2.24) is 0 Å². The Hall–Kier alpha value is 0.500. The van der Waals surface area contributed by atoms with Crippen LogP contribution in [0.1, 0.15) is 0 Å². The summed E-state index contributed by atoms with van der Waals surface area (Å²) in [5.41, 5.74) is 0. The largest absolute Gasteiger partial charge is 0.280 e. The molecule has 58 valence electrons. The maximum absolute atomic E-state index is 10.2. The average molecular weight is 224 g/mol. The highest BCUT2D eigenvalue weighted by molar-refractivity contribution is 6.75. The van der Waals surface area contributed by atoms with E-state index in [9.17, 15) is 9.59 Å². The zero-order chi connectivity index (χ0) is 8.31. The van der Waals surface area contributed by atoms with Crippen LogP contribution in [-0.4, -0.2) is 21.2 Å². The number of hydrogen-bond acceptors (Lipinski definition) is 2. The Kier molecular flexibility index (Phi) is 4.61. The summed E-state index contributed by atoms with van der Waals surface area (Å²) in [5.74, 6) is 0. The number of hydrogen-bond donors (Lipinski definition) is 0. The molecule has 2 atom stereocenters. The Balaban J connectivity index is 4.07. The molecule has 0 spiro atoms. The molecule has 0 fully saturated rings. The van der Waals surface area contributed by atoms with Crippen LogP contribution in [0.2, 0.25) is 0 Å². The molecule has 0 aliphatic rings. The van der Waals surface area contributed by atoms with Crippen molar-refractivity contribution in [2.75, 3.05) is 0 Å². The van der Waals surface area contributed by atoms with Crippen molar-refractivity contribution >= 4 is 56.9 Å². The van der Waals surface area contributed by atoms with E-state index < -0.39 is 21.2 Å². The minimum atomic E-state index is -1.26. The zero-order valence-electron chi connectivity index (χ0n) is 4.48. The second-order valence-corrected chi connectivity index (χ2v) is 3.10. The Labute approximate surface area is 77.4 Å². The third-order valence-corrected chi connectivity index (χ3v) is 2.41. The lowest BCUT2D eigenvalue weighted by Gasteiger charge is -2.05. The van der Waals surface area contributed by atoms with E-state index in [2.05, 4.69) is 0 Å². The molecule has 0 N–H and O–H groups in total. The molecule has 0 saturated carbocycles. The fraction of sp³-hybridized carbons (Fsp3) is 0.500. The predicted octanol–water partition coefficient (Wildman–Crippen LogP) is 1.73. The second-order valence-electron chi connectivity index (χ2n) is 1.41. The molecule has 0 rings (SSSR count). The first-order valence-corrected chi connectivity index (χ1v) is 3.76. The van der Waals surface area contributed by atoms with E-state index in [-0.39, 0.29) is 0 Å². The van der Waals surface area contributed by atoms with E-state index in [1.54, 1.807) is 0 Å². The quantitative estimate of drug-likeness (QED) is 0.540. The molecular formula is C4H2Cl4O2. The molecule has 0 aromatic carbocycles. The standard InChI is InChI=1S/C4H2Cl4O2/c5-1(3(7)9)2(6)4(8)10/h1-2H. The van der Waals surface area contributed by atoms with Gasteiger partial charge in [-0.05, 0) is 23.2 Å². The van der Waals surface area contributed by atoms with Crippen LogP contribution in [0.5, 0.6) is 0 Å². The molecule has 0 heterocycles. The Morgan fingerprint density at radius 3 is 1.20 bits per heavy atom. The molecule has 0 radical (unpaired) electrons. The van der Waals surface area contributed by atoms with Gasteiger partial charge in [0.2, 0.25) is 10.5 Å². The third kappa shape index (κ3) is 3.06. The van der Waals surface area contributed by atoms with E-state index in [4.69, 9.17) is 46.4 Å². The van der Waals surface area contributed by atoms with E-state index in [0.717, 1.165) is 0 Å².